The zero-order chi connectivity index (χ0) is 15.0. The van der Waals surface area contributed by atoms with Gasteiger partial charge in [0.15, 0.2) is 5.78 Å². The van der Waals surface area contributed by atoms with Crippen LogP contribution >= 0.6 is 0 Å². The third-order valence-corrected chi connectivity index (χ3v) is 2.63. The van der Waals surface area contributed by atoms with Crippen LogP contribution in [-0.2, 0) is 6.42 Å². The molecule has 0 spiro atoms. The van der Waals surface area contributed by atoms with Gasteiger partial charge in [-0.15, -0.1) is 0 Å². The standard InChI is InChI=1S/C16H20N2O2/c1-5-8-16(19)15-10-14(9-12(6-2)18-15)20-13(7-3)11-17-4/h7,9-11H,3-6,8H2,1-2H3. The number of rotatable bonds is 8. The minimum absolute atomic E-state index is 0.0265. The molecule has 4 heteroatoms. The Hall–Kier alpha value is -2.23. The van der Waals surface area contributed by atoms with Gasteiger partial charge in [-0.3, -0.25) is 9.79 Å². The van der Waals surface area contributed by atoms with E-state index in [9.17, 15) is 4.79 Å². The average molecular weight is 272 g/mol. The van der Waals surface area contributed by atoms with Gasteiger partial charge in [0.1, 0.15) is 17.2 Å². The molecule has 106 valence electrons. The lowest BCUT2D eigenvalue weighted by molar-refractivity contribution is 0.0976. The number of carbonyl (C=O) groups is 1. The van der Waals surface area contributed by atoms with Crippen molar-refractivity contribution >= 4 is 12.5 Å². The molecule has 0 atom stereocenters. The Morgan fingerprint density at radius 2 is 2.20 bits per heavy atom. The van der Waals surface area contributed by atoms with Crippen LogP contribution in [0.2, 0.25) is 0 Å². The Balaban J connectivity index is 3.10. The molecule has 1 aromatic heterocycles. The van der Waals surface area contributed by atoms with E-state index in [2.05, 4.69) is 23.3 Å². The first-order valence-electron chi connectivity index (χ1n) is 6.65. The SMILES string of the molecule is C=CC(=CN=C)Oc1cc(CC)nc(C(=O)CCC)c1. The van der Waals surface area contributed by atoms with Crippen LogP contribution in [0.4, 0.5) is 0 Å². The smallest absolute Gasteiger partial charge is 0.181 e. The van der Waals surface area contributed by atoms with Crippen LogP contribution in [0.15, 0.2) is 41.7 Å². The lowest BCUT2D eigenvalue weighted by Gasteiger charge is -2.09. The van der Waals surface area contributed by atoms with E-state index in [1.165, 1.54) is 12.3 Å². The Morgan fingerprint density at radius 3 is 2.75 bits per heavy atom. The molecule has 0 unspecified atom stereocenters. The van der Waals surface area contributed by atoms with E-state index in [-0.39, 0.29) is 5.78 Å². The normalized spacial score (nSPS) is 11.0. The zero-order valence-corrected chi connectivity index (χ0v) is 12.1. The first kappa shape index (κ1) is 15.8. The van der Waals surface area contributed by atoms with Crippen LogP contribution in [0.25, 0.3) is 0 Å². The third kappa shape index (κ3) is 4.46. The Labute approximate surface area is 119 Å². The highest BCUT2D eigenvalue weighted by Gasteiger charge is 2.10. The van der Waals surface area contributed by atoms with E-state index in [0.717, 1.165) is 18.5 Å². The predicted molar refractivity (Wildman–Crippen MR) is 81.3 cm³/mol. The van der Waals surface area contributed by atoms with Gasteiger partial charge < -0.3 is 4.74 Å². The van der Waals surface area contributed by atoms with Gasteiger partial charge in [0.25, 0.3) is 0 Å². The molecule has 0 bridgehead atoms. The molecule has 0 N–H and O–H groups in total. The van der Waals surface area contributed by atoms with E-state index in [1.54, 1.807) is 6.07 Å². The van der Waals surface area contributed by atoms with Gasteiger partial charge in [-0.05, 0) is 25.6 Å². The number of pyridine rings is 1. The number of aryl methyl sites for hydroxylation is 1. The number of nitrogens with zero attached hydrogens (tertiary/aromatic N) is 2. The average Bonchev–Trinajstić information content (AvgIpc) is 2.46. The Kier molecular flexibility index (Phi) is 6.37. The summed E-state index contributed by atoms with van der Waals surface area (Å²) in [6, 6.07) is 3.46. The van der Waals surface area contributed by atoms with Crippen LogP contribution in [0, 0.1) is 0 Å². The molecular weight excluding hydrogens is 252 g/mol. The number of hydrogen-bond donors (Lipinski definition) is 0. The van der Waals surface area contributed by atoms with Crippen molar-refractivity contribution in [3.05, 3.63) is 48.1 Å². The molecule has 0 radical (unpaired) electrons. The molecule has 1 heterocycles. The molecule has 1 rings (SSSR count). The number of aliphatic imine (C=N–C) groups is 1. The van der Waals surface area contributed by atoms with E-state index < -0.39 is 0 Å². The number of ether oxygens (including phenoxy) is 1. The maximum absolute atomic E-state index is 12.0. The molecule has 0 aliphatic heterocycles. The van der Waals surface area contributed by atoms with Gasteiger partial charge in [0.2, 0.25) is 0 Å². The lowest BCUT2D eigenvalue weighted by Crippen LogP contribution is -2.05. The van der Waals surface area contributed by atoms with Crippen LogP contribution in [0.1, 0.15) is 42.9 Å². The number of ketones is 1. The van der Waals surface area contributed by atoms with Crippen LogP contribution in [0.5, 0.6) is 5.75 Å². The number of carbonyl (C=O) groups excluding carboxylic acids is 1. The van der Waals surface area contributed by atoms with Crippen LogP contribution in [-0.4, -0.2) is 17.5 Å². The molecule has 1 aromatic rings. The molecule has 4 nitrogen and oxygen atoms in total. The second-order valence-electron chi connectivity index (χ2n) is 4.23. The van der Waals surface area contributed by atoms with Gasteiger partial charge in [0.05, 0.1) is 6.20 Å². The summed E-state index contributed by atoms with van der Waals surface area (Å²) in [6.07, 6.45) is 5.01. The highest BCUT2D eigenvalue weighted by molar-refractivity contribution is 5.94. The Morgan fingerprint density at radius 1 is 1.45 bits per heavy atom. The molecule has 0 saturated heterocycles. The fraction of sp³-hybridized carbons (Fsp3) is 0.312. The number of aromatic nitrogens is 1. The molecule has 0 amide bonds. The monoisotopic (exact) mass is 272 g/mol. The fourth-order valence-corrected chi connectivity index (χ4v) is 1.64. The van der Waals surface area contributed by atoms with Crippen molar-refractivity contribution in [1.29, 1.82) is 0 Å². The minimum Gasteiger partial charge on any atom is -0.456 e. The van der Waals surface area contributed by atoms with Crippen molar-refractivity contribution in [2.75, 3.05) is 0 Å². The summed E-state index contributed by atoms with van der Waals surface area (Å²) in [5, 5.41) is 0. The lowest BCUT2D eigenvalue weighted by atomic mass is 10.1. The van der Waals surface area contributed by atoms with Gasteiger partial charge in [0, 0.05) is 24.2 Å². The number of allylic oxidation sites excluding steroid dienone is 1. The first-order chi connectivity index (χ1) is 9.64. The van der Waals surface area contributed by atoms with Crippen LogP contribution in [0.3, 0.4) is 0 Å². The second kappa shape index (κ2) is 8.04. The van der Waals surface area contributed by atoms with E-state index >= 15 is 0 Å². The van der Waals surface area contributed by atoms with Crippen molar-refractivity contribution in [2.24, 2.45) is 4.99 Å². The highest BCUT2D eigenvalue weighted by Crippen LogP contribution is 2.19. The molecule has 0 aliphatic rings. The summed E-state index contributed by atoms with van der Waals surface area (Å²) in [6.45, 7) is 11.0. The van der Waals surface area contributed by atoms with Gasteiger partial charge in [-0.2, -0.15) is 0 Å². The molecule has 0 aliphatic carbocycles. The minimum atomic E-state index is 0.0265. The molecular formula is C16H20N2O2. The summed E-state index contributed by atoms with van der Waals surface area (Å²) in [4.78, 5) is 19.9. The largest absolute Gasteiger partial charge is 0.456 e. The van der Waals surface area contributed by atoms with Crippen molar-refractivity contribution in [3.8, 4) is 5.75 Å². The van der Waals surface area contributed by atoms with Crippen molar-refractivity contribution < 1.29 is 9.53 Å². The van der Waals surface area contributed by atoms with Gasteiger partial charge in [-0.1, -0.05) is 20.4 Å². The number of Topliss-reactive ketones (excluding diaryl/α,β-unsaturated/α-hetero) is 1. The van der Waals surface area contributed by atoms with E-state index in [1.807, 2.05) is 19.9 Å². The van der Waals surface area contributed by atoms with Gasteiger partial charge in [-0.25, -0.2) is 4.98 Å². The first-order valence-corrected chi connectivity index (χ1v) is 6.65. The van der Waals surface area contributed by atoms with E-state index in [0.29, 0.717) is 23.6 Å². The van der Waals surface area contributed by atoms with Crippen LogP contribution < -0.4 is 4.74 Å². The van der Waals surface area contributed by atoms with Crippen molar-refractivity contribution in [3.63, 3.8) is 0 Å². The third-order valence-electron chi connectivity index (χ3n) is 2.63. The molecule has 20 heavy (non-hydrogen) atoms. The zero-order valence-electron chi connectivity index (χ0n) is 12.1. The van der Waals surface area contributed by atoms with Gasteiger partial charge >= 0.3 is 0 Å². The molecule has 0 fully saturated rings. The summed E-state index contributed by atoms with van der Waals surface area (Å²) in [7, 11) is 0. The molecule has 0 saturated carbocycles. The van der Waals surface area contributed by atoms with Crippen molar-refractivity contribution in [2.45, 2.75) is 33.1 Å². The topological polar surface area (TPSA) is 51.6 Å². The van der Waals surface area contributed by atoms with E-state index in [4.69, 9.17) is 4.74 Å². The summed E-state index contributed by atoms with van der Waals surface area (Å²) < 4.78 is 5.63. The quantitative estimate of drug-likeness (QED) is 0.313. The highest BCUT2D eigenvalue weighted by atomic mass is 16.5. The summed E-state index contributed by atoms with van der Waals surface area (Å²) >= 11 is 0. The predicted octanol–water partition coefficient (Wildman–Crippen LogP) is 3.73. The van der Waals surface area contributed by atoms with Crippen molar-refractivity contribution in [1.82, 2.24) is 4.98 Å². The summed E-state index contributed by atoms with van der Waals surface area (Å²) in [5.74, 6) is 1.06. The maximum Gasteiger partial charge on any atom is 0.181 e. The number of hydrogen-bond acceptors (Lipinski definition) is 4. The second-order valence-corrected chi connectivity index (χ2v) is 4.23. The molecule has 0 aromatic carbocycles. The maximum atomic E-state index is 12.0. The Bertz CT molecular complexity index is 533. The fourth-order valence-electron chi connectivity index (χ4n) is 1.64. The summed E-state index contributed by atoms with van der Waals surface area (Å²) in [5.41, 5.74) is 1.26.